The van der Waals surface area contributed by atoms with Gasteiger partial charge in [-0.3, -0.25) is 4.79 Å². The van der Waals surface area contributed by atoms with Crippen LogP contribution in [0.3, 0.4) is 0 Å². The summed E-state index contributed by atoms with van der Waals surface area (Å²) in [6, 6.07) is 12.8. The molecule has 0 atom stereocenters. The van der Waals surface area contributed by atoms with Gasteiger partial charge in [-0.1, -0.05) is 30.0 Å². The van der Waals surface area contributed by atoms with Crippen LogP contribution in [0.15, 0.2) is 58.6 Å². The number of hydrogen-bond donors (Lipinski definition) is 0. The fourth-order valence-corrected chi connectivity index (χ4v) is 5.38. The molecule has 1 amide bonds. The van der Waals surface area contributed by atoms with Crippen molar-refractivity contribution in [3.63, 3.8) is 0 Å². The van der Waals surface area contributed by atoms with Gasteiger partial charge in [0.1, 0.15) is 4.90 Å². The number of nitrogens with zero attached hydrogens (tertiary/aromatic N) is 4. The van der Waals surface area contributed by atoms with Gasteiger partial charge in [-0.15, -0.1) is 0 Å². The van der Waals surface area contributed by atoms with Crippen LogP contribution in [0.25, 0.3) is 0 Å². The molecule has 1 saturated heterocycles. The minimum atomic E-state index is -3.53. The Labute approximate surface area is 183 Å². The lowest BCUT2D eigenvalue weighted by atomic mass is 10.2. The molecule has 0 unspecified atom stereocenters. The van der Waals surface area contributed by atoms with Crippen molar-refractivity contribution in [1.82, 2.24) is 14.2 Å². The number of para-hydroxylation sites is 1. The summed E-state index contributed by atoms with van der Waals surface area (Å²) in [5, 5.41) is 0.623. The molecule has 30 heavy (non-hydrogen) atoms. The van der Waals surface area contributed by atoms with Crippen molar-refractivity contribution >= 4 is 33.4 Å². The molecule has 1 fully saturated rings. The Bertz CT molecular complexity index is 942. The maximum absolute atomic E-state index is 12.8. The number of sulfonamides is 1. The van der Waals surface area contributed by atoms with E-state index in [4.69, 9.17) is 0 Å². The van der Waals surface area contributed by atoms with Crippen molar-refractivity contribution in [1.29, 1.82) is 0 Å². The maximum atomic E-state index is 12.8. The predicted molar refractivity (Wildman–Crippen MR) is 120 cm³/mol. The van der Waals surface area contributed by atoms with Crippen LogP contribution < -0.4 is 4.90 Å². The Hall–Kier alpha value is -1.94. The molecule has 2 aromatic rings. The number of piperazine rings is 1. The summed E-state index contributed by atoms with van der Waals surface area (Å²) in [6.07, 6.45) is 1.39. The van der Waals surface area contributed by atoms with Gasteiger partial charge in [-0.25, -0.2) is 13.4 Å². The number of hydrogen-bond acceptors (Lipinski definition) is 6. The number of likely N-dealkylation sites (N-methyl/N-ethyl adjacent to an activating group) is 1. The first kappa shape index (κ1) is 22.7. The van der Waals surface area contributed by atoms with Crippen molar-refractivity contribution in [2.75, 3.05) is 43.9 Å². The SMILES string of the molecule is CC(C)N(C(=O)CSc1ccc(S(=O)(=O)N2CCN(C)CC2)cn1)c1ccccc1. The number of amides is 1. The van der Waals surface area contributed by atoms with Crippen LogP contribution in [0.1, 0.15) is 13.8 Å². The Morgan fingerprint density at radius 1 is 1.10 bits per heavy atom. The first-order chi connectivity index (χ1) is 14.3. The summed E-state index contributed by atoms with van der Waals surface area (Å²) < 4.78 is 27.1. The summed E-state index contributed by atoms with van der Waals surface area (Å²) >= 11 is 1.31. The second-order valence-corrected chi connectivity index (χ2v) is 10.5. The first-order valence-corrected chi connectivity index (χ1v) is 12.4. The maximum Gasteiger partial charge on any atom is 0.244 e. The number of pyridine rings is 1. The van der Waals surface area contributed by atoms with Gasteiger partial charge in [0.15, 0.2) is 0 Å². The molecule has 0 bridgehead atoms. The van der Waals surface area contributed by atoms with E-state index in [0.29, 0.717) is 18.1 Å². The minimum absolute atomic E-state index is 0.0165. The molecule has 1 aliphatic rings. The van der Waals surface area contributed by atoms with Gasteiger partial charge in [-0.05, 0) is 45.2 Å². The summed E-state index contributed by atoms with van der Waals surface area (Å²) in [5.74, 6) is 0.210. The molecule has 0 N–H and O–H groups in total. The smallest absolute Gasteiger partial charge is 0.244 e. The fourth-order valence-electron chi connectivity index (χ4n) is 3.31. The van der Waals surface area contributed by atoms with Gasteiger partial charge in [0.25, 0.3) is 0 Å². The highest BCUT2D eigenvalue weighted by atomic mass is 32.2. The van der Waals surface area contributed by atoms with Gasteiger partial charge >= 0.3 is 0 Å². The zero-order valence-corrected chi connectivity index (χ0v) is 19.2. The lowest BCUT2D eigenvalue weighted by Crippen LogP contribution is -2.47. The molecular weight excluding hydrogens is 420 g/mol. The standard InChI is InChI=1S/C21H28N4O3S2/c1-17(2)25(18-7-5-4-6-8-18)21(26)16-29-20-10-9-19(15-22-20)30(27,28)24-13-11-23(3)12-14-24/h4-10,15,17H,11-14,16H2,1-3H3. The minimum Gasteiger partial charge on any atom is -0.309 e. The highest BCUT2D eigenvalue weighted by Crippen LogP contribution is 2.23. The summed E-state index contributed by atoms with van der Waals surface area (Å²) in [4.78, 5) is 21.1. The highest BCUT2D eigenvalue weighted by Gasteiger charge is 2.27. The molecule has 1 aromatic carbocycles. The van der Waals surface area contributed by atoms with E-state index in [-0.39, 0.29) is 22.6 Å². The molecule has 0 aliphatic carbocycles. The lowest BCUT2D eigenvalue weighted by molar-refractivity contribution is -0.116. The first-order valence-electron chi connectivity index (χ1n) is 9.93. The van der Waals surface area contributed by atoms with E-state index in [1.807, 2.05) is 51.2 Å². The third-order valence-electron chi connectivity index (χ3n) is 4.97. The average molecular weight is 449 g/mol. The van der Waals surface area contributed by atoms with Crippen LogP contribution in [0.5, 0.6) is 0 Å². The third-order valence-corrected chi connectivity index (χ3v) is 7.78. The van der Waals surface area contributed by atoms with Gasteiger partial charge in [0.2, 0.25) is 15.9 Å². The molecule has 162 valence electrons. The van der Waals surface area contributed by atoms with E-state index in [0.717, 1.165) is 18.8 Å². The van der Waals surface area contributed by atoms with E-state index in [9.17, 15) is 13.2 Å². The van der Waals surface area contributed by atoms with Crippen LogP contribution in [-0.2, 0) is 14.8 Å². The van der Waals surface area contributed by atoms with Crippen LogP contribution in [0.4, 0.5) is 5.69 Å². The second-order valence-electron chi connectivity index (χ2n) is 7.52. The number of benzene rings is 1. The van der Waals surface area contributed by atoms with Gasteiger partial charge < -0.3 is 9.80 Å². The fraction of sp³-hybridized carbons (Fsp3) is 0.429. The number of carbonyl (C=O) groups excluding carboxylic acids is 1. The monoisotopic (exact) mass is 448 g/mol. The Balaban J connectivity index is 1.63. The molecule has 1 aromatic heterocycles. The zero-order chi connectivity index (χ0) is 21.7. The van der Waals surface area contributed by atoms with Crippen molar-refractivity contribution in [2.45, 2.75) is 29.8 Å². The van der Waals surface area contributed by atoms with E-state index in [1.165, 1.54) is 22.3 Å². The van der Waals surface area contributed by atoms with Gasteiger partial charge in [-0.2, -0.15) is 4.31 Å². The normalized spacial score (nSPS) is 16.0. The largest absolute Gasteiger partial charge is 0.309 e. The van der Waals surface area contributed by atoms with Crippen molar-refractivity contribution in [3.8, 4) is 0 Å². The van der Waals surface area contributed by atoms with Crippen LogP contribution in [0, 0.1) is 0 Å². The average Bonchev–Trinajstić information content (AvgIpc) is 2.73. The number of aromatic nitrogens is 1. The van der Waals surface area contributed by atoms with Crippen LogP contribution in [-0.4, -0.2) is 73.5 Å². The molecule has 1 aliphatic heterocycles. The van der Waals surface area contributed by atoms with E-state index >= 15 is 0 Å². The number of rotatable bonds is 7. The Morgan fingerprint density at radius 3 is 2.33 bits per heavy atom. The molecule has 3 rings (SSSR count). The quantitative estimate of drug-likeness (QED) is 0.606. The highest BCUT2D eigenvalue weighted by molar-refractivity contribution is 7.99. The molecule has 0 radical (unpaired) electrons. The number of anilines is 1. The summed E-state index contributed by atoms with van der Waals surface area (Å²) in [7, 11) is -1.55. The zero-order valence-electron chi connectivity index (χ0n) is 17.6. The van der Waals surface area contributed by atoms with E-state index < -0.39 is 10.0 Å². The molecule has 2 heterocycles. The van der Waals surface area contributed by atoms with E-state index in [1.54, 1.807) is 17.0 Å². The van der Waals surface area contributed by atoms with Crippen molar-refractivity contribution < 1.29 is 13.2 Å². The second kappa shape index (κ2) is 9.91. The van der Waals surface area contributed by atoms with Gasteiger partial charge in [0.05, 0.1) is 10.8 Å². The predicted octanol–water partition coefficient (Wildman–Crippen LogP) is 2.55. The molecule has 0 saturated carbocycles. The number of thioether (sulfide) groups is 1. The van der Waals surface area contributed by atoms with Crippen LogP contribution in [0.2, 0.25) is 0 Å². The summed E-state index contributed by atoms with van der Waals surface area (Å²) in [5.41, 5.74) is 0.861. The lowest BCUT2D eigenvalue weighted by Gasteiger charge is -2.31. The molecule has 0 spiro atoms. The van der Waals surface area contributed by atoms with Crippen LogP contribution >= 0.6 is 11.8 Å². The molecule has 7 nitrogen and oxygen atoms in total. The number of carbonyl (C=O) groups is 1. The topological polar surface area (TPSA) is 73.8 Å². The Kier molecular flexibility index (Phi) is 7.51. The molecule has 9 heteroatoms. The summed E-state index contributed by atoms with van der Waals surface area (Å²) in [6.45, 7) is 6.35. The van der Waals surface area contributed by atoms with Gasteiger partial charge in [0, 0.05) is 44.1 Å². The third kappa shape index (κ3) is 5.40. The Morgan fingerprint density at radius 2 is 1.77 bits per heavy atom. The van der Waals surface area contributed by atoms with Crippen molar-refractivity contribution in [2.24, 2.45) is 0 Å². The van der Waals surface area contributed by atoms with Crippen molar-refractivity contribution in [3.05, 3.63) is 48.7 Å². The molecular formula is C21H28N4O3S2. The van der Waals surface area contributed by atoms with E-state index in [2.05, 4.69) is 9.88 Å².